The van der Waals surface area contributed by atoms with Crippen LogP contribution in [0.25, 0.3) is 6.08 Å². The van der Waals surface area contributed by atoms with Crippen molar-refractivity contribution in [3.8, 4) is 12.1 Å². The van der Waals surface area contributed by atoms with Crippen LogP contribution < -0.4 is 0 Å². The van der Waals surface area contributed by atoms with Crippen molar-refractivity contribution in [1.82, 2.24) is 0 Å². The van der Waals surface area contributed by atoms with Crippen LogP contribution in [0.15, 0.2) is 34.3 Å². The zero-order valence-electron chi connectivity index (χ0n) is 8.07. The van der Waals surface area contributed by atoms with E-state index in [1.54, 1.807) is 0 Å². The molecule has 2 nitrogen and oxygen atoms in total. The zero-order chi connectivity index (χ0) is 11.1. The predicted octanol–water partition coefficient (Wildman–Crippen LogP) is 3.66. The van der Waals surface area contributed by atoms with E-state index in [4.69, 9.17) is 10.5 Å². The Hall–Kier alpha value is -1.58. The molecule has 0 bridgehead atoms. The van der Waals surface area contributed by atoms with Crippen molar-refractivity contribution in [3.05, 3.63) is 39.9 Å². The van der Waals surface area contributed by atoms with Gasteiger partial charge < -0.3 is 0 Å². The van der Waals surface area contributed by atoms with Gasteiger partial charge in [0.1, 0.15) is 0 Å². The molecule has 0 N–H and O–H groups in total. The molecule has 1 aromatic carbocycles. The lowest BCUT2D eigenvalue weighted by Gasteiger charge is -1.96. The predicted molar refractivity (Wildman–Crippen MR) is 62.6 cm³/mol. The number of rotatable bonds is 3. The Morgan fingerprint density at radius 2 is 1.93 bits per heavy atom. The van der Waals surface area contributed by atoms with Gasteiger partial charge in [0.15, 0.2) is 0 Å². The summed E-state index contributed by atoms with van der Waals surface area (Å²) in [5.41, 5.74) is 1.62. The Morgan fingerprint density at radius 1 is 1.27 bits per heavy atom. The van der Waals surface area contributed by atoms with Gasteiger partial charge in [-0.1, -0.05) is 28.1 Å². The van der Waals surface area contributed by atoms with E-state index in [0.717, 1.165) is 10.0 Å². The summed E-state index contributed by atoms with van der Waals surface area (Å²) in [5, 5.41) is 17.3. The van der Waals surface area contributed by atoms with Gasteiger partial charge in [-0.25, -0.2) is 0 Å². The Balaban J connectivity index is 2.81. The fourth-order valence-corrected chi connectivity index (χ4v) is 1.38. The Kier molecular flexibility index (Phi) is 4.60. The van der Waals surface area contributed by atoms with E-state index < -0.39 is 0 Å². The fourth-order valence-electron chi connectivity index (χ4n) is 1.11. The Morgan fingerprint density at radius 3 is 2.47 bits per heavy atom. The number of hydrogen-bond donors (Lipinski definition) is 0. The van der Waals surface area contributed by atoms with Crippen LogP contribution in [0.4, 0.5) is 0 Å². The molecule has 1 rings (SSSR count). The lowest BCUT2D eigenvalue weighted by Crippen LogP contribution is -1.80. The van der Waals surface area contributed by atoms with E-state index in [1.807, 2.05) is 36.4 Å². The van der Waals surface area contributed by atoms with Gasteiger partial charge in [-0.05, 0) is 30.2 Å². The monoisotopic (exact) mass is 260 g/mol. The first-order valence-electron chi connectivity index (χ1n) is 4.49. The van der Waals surface area contributed by atoms with E-state index in [9.17, 15) is 0 Å². The summed E-state index contributed by atoms with van der Waals surface area (Å²) in [5.74, 6) is 0. The Bertz CT molecular complexity index is 432. The molecule has 0 atom stereocenters. The number of nitriles is 2. The van der Waals surface area contributed by atoms with Crippen LogP contribution in [-0.2, 0) is 0 Å². The van der Waals surface area contributed by atoms with E-state index in [-0.39, 0.29) is 0 Å². The normalized spacial score (nSPS) is 10.5. The second-order valence-electron chi connectivity index (χ2n) is 2.99. The van der Waals surface area contributed by atoms with Crippen molar-refractivity contribution in [2.75, 3.05) is 0 Å². The SMILES string of the molecule is N#CCC/C(C#N)=C\c1ccc(Br)cc1. The molecule has 0 spiro atoms. The van der Waals surface area contributed by atoms with Gasteiger partial charge in [0, 0.05) is 16.5 Å². The minimum absolute atomic E-state index is 0.385. The summed E-state index contributed by atoms with van der Waals surface area (Å²) in [6.07, 6.45) is 2.71. The molecule has 0 aliphatic heterocycles. The van der Waals surface area contributed by atoms with Gasteiger partial charge >= 0.3 is 0 Å². The minimum Gasteiger partial charge on any atom is -0.198 e. The minimum atomic E-state index is 0.385. The summed E-state index contributed by atoms with van der Waals surface area (Å²) < 4.78 is 1.01. The number of benzene rings is 1. The standard InChI is InChI=1S/C12H9BrN2/c13-12-5-3-10(4-6-12)8-11(9-15)2-1-7-14/h3-6,8H,1-2H2/b11-8+. The first-order valence-corrected chi connectivity index (χ1v) is 5.29. The fraction of sp³-hybridized carbons (Fsp3) is 0.167. The second-order valence-corrected chi connectivity index (χ2v) is 3.91. The second kappa shape index (κ2) is 6.01. The maximum atomic E-state index is 8.83. The van der Waals surface area contributed by atoms with Crippen LogP contribution in [-0.4, -0.2) is 0 Å². The van der Waals surface area contributed by atoms with Crippen molar-refractivity contribution >= 4 is 22.0 Å². The topological polar surface area (TPSA) is 47.6 Å². The maximum absolute atomic E-state index is 8.83. The van der Waals surface area contributed by atoms with Crippen LogP contribution in [0.3, 0.4) is 0 Å². The van der Waals surface area contributed by atoms with E-state index in [1.165, 1.54) is 0 Å². The zero-order valence-corrected chi connectivity index (χ0v) is 9.66. The summed E-state index contributed by atoms with van der Waals surface area (Å²) in [6.45, 7) is 0. The highest BCUT2D eigenvalue weighted by Crippen LogP contribution is 2.14. The largest absolute Gasteiger partial charge is 0.198 e. The number of halogens is 1. The van der Waals surface area contributed by atoms with Gasteiger partial charge in [0.2, 0.25) is 0 Å². The van der Waals surface area contributed by atoms with Gasteiger partial charge in [-0.15, -0.1) is 0 Å². The molecular weight excluding hydrogens is 252 g/mol. The molecule has 1 aromatic rings. The maximum Gasteiger partial charge on any atom is 0.0947 e. The van der Waals surface area contributed by atoms with Gasteiger partial charge in [0.25, 0.3) is 0 Å². The van der Waals surface area contributed by atoms with Crippen LogP contribution >= 0.6 is 15.9 Å². The van der Waals surface area contributed by atoms with Crippen molar-refractivity contribution in [2.24, 2.45) is 0 Å². The molecule has 3 heteroatoms. The highest BCUT2D eigenvalue weighted by atomic mass is 79.9. The average Bonchev–Trinajstić information content (AvgIpc) is 2.27. The number of hydrogen-bond acceptors (Lipinski definition) is 2. The van der Waals surface area contributed by atoms with E-state index >= 15 is 0 Å². The molecule has 0 radical (unpaired) electrons. The molecule has 0 unspecified atom stereocenters. The molecule has 15 heavy (non-hydrogen) atoms. The van der Waals surface area contributed by atoms with Crippen molar-refractivity contribution in [2.45, 2.75) is 12.8 Å². The Labute approximate surface area is 97.6 Å². The third-order valence-corrected chi connectivity index (χ3v) is 2.39. The molecule has 0 aliphatic carbocycles. The van der Waals surface area contributed by atoms with Gasteiger partial charge in [-0.2, -0.15) is 10.5 Å². The molecule has 0 aliphatic rings. The molecule has 0 saturated heterocycles. The molecular formula is C12H9BrN2. The number of allylic oxidation sites excluding steroid dienone is 1. The third kappa shape index (κ3) is 3.97. The van der Waals surface area contributed by atoms with Crippen LogP contribution in [0.1, 0.15) is 18.4 Å². The smallest absolute Gasteiger partial charge is 0.0947 e. The van der Waals surface area contributed by atoms with Gasteiger partial charge in [0.05, 0.1) is 12.1 Å². The molecule has 74 valence electrons. The average molecular weight is 261 g/mol. The first kappa shape index (κ1) is 11.5. The lowest BCUT2D eigenvalue weighted by atomic mass is 10.1. The van der Waals surface area contributed by atoms with Gasteiger partial charge in [-0.3, -0.25) is 0 Å². The summed E-state index contributed by atoms with van der Waals surface area (Å²) in [4.78, 5) is 0. The summed E-state index contributed by atoms with van der Waals surface area (Å²) >= 11 is 3.34. The molecule has 0 saturated carbocycles. The highest BCUT2D eigenvalue weighted by molar-refractivity contribution is 9.10. The van der Waals surface area contributed by atoms with Crippen molar-refractivity contribution in [3.63, 3.8) is 0 Å². The summed E-state index contributed by atoms with van der Waals surface area (Å²) in [7, 11) is 0. The van der Waals surface area contributed by atoms with Crippen molar-refractivity contribution < 1.29 is 0 Å². The quantitative estimate of drug-likeness (QED) is 0.779. The van der Waals surface area contributed by atoms with Crippen molar-refractivity contribution in [1.29, 1.82) is 10.5 Å². The lowest BCUT2D eigenvalue weighted by molar-refractivity contribution is 1.03. The van der Waals surface area contributed by atoms with E-state index in [0.29, 0.717) is 18.4 Å². The molecule has 0 amide bonds. The highest BCUT2D eigenvalue weighted by Gasteiger charge is 1.96. The molecule has 0 heterocycles. The first-order chi connectivity index (χ1) is 7.26. The van der Waals surface area contributed by atoms with Crippen LogP contribution in [0, 0.1) is 22.7 Å². The summed E-state index contributed by atoms with van der Waals surface area (Å²) in [6, 6.07) is 11.8. The number of nitrogens with zero attached hydrogens (tertiary/aromatic N) is 2. The van der Waals surface area contributed by atoms with Crippen LogP contribution in [0.5, 0.6) is 0 Å². The van der Waals surface area contributed by atoms with E-state index in [2.05, 4.69) is 22.0 Å². The molecule has 0 aromatic heterocycles. The molecule has 0 fully saturated rings. The third-order valence-electron chi connectivity index (χ3n) is 1.86. The van der Waals surface area contributed by atoms with Crippen LogP contribution in [0.2, 0.25) is 0 Å².